The number of nitrogens with one attached hydrogen (secondary N) is 2. The van der Waals surface area contributed by atoms with E-state index < -0.39 is 11.7 Å². The average Bonchev–Trinajstić information content (AvgIpc) is 2.16. The van der Waals surface area contributed by atoms with Crippen molar-refractivity contribution in [1.82, 2.24) is 10.8 Å². The lowest BCUT2D eigenvalue weighted by Gasteiger charge is -2.16. The summed E-state index contributed by atoms with van der Waals surface area (Å²) in [6, 6.07) is 0. The van der Waals surface area contributed by atoms with Crippen molar-refractivity contribution >= 4 is 11.9 Å². The summed E-state index contributed by atoms with van der Waals surface area (Å²) in [6.07, 6.45) is 0.635. The number of Topliss-reactive ketones (excluding diaryl/α,β-unsaturated/α-hetero) is 1. The maximum Gasteiger partial charge on any atom is 0.428 e. The zero-order valence-corrected chi connectivity index (χ0v) is 10.0. The fraction of sp³-hybridized carbons (Fsp3) is 0.800. The second-order valence-electron chi connectivity index (χ2n) is 4.44. The third-order valence-corrected chi connectivity index (χ3v) is 1.58. The number of amides is 1. The first-order valence-electron chi connectivity index (χ1n) is 5.20. The molecule has 0 aromatic heterocycles. The van der Waals surface area contributed by atoms with E-state index in [1.165, 1.54) is 0 Å². The van der Waals surface area contributed by atoms with Crippen LogP contribution in [0.25, 0.3) is 0 Å². The number of carbonyl (C=O) groups excluding carboxylic acids is 1. The lowest BCUT2D eigenvalue weighted by Crippen LogP contribution is -2.32. The van der Waals surface area contributed by atoms with Crippen molar-refractivity contribution in [3.05, 3.63) is 0 Å². The zero-order valence-electron chi connectivity index (χ0n) is 10.0. The van der Waals surface area contributed by atoms with Gasteiger partial charge < -0.3 is 10.4 Å². The smallest absolute Gasteiger partial charge is 0.428 e. The van der Waals surface area contributed by atoms with Crippen molar-refractivity contribution in [2.75, 3.05) is 13.1 Å². The lowest BCUT2D eigenvalue weighted by molar-refractivity contribution is -0.119. The average molecular weight is 232 g/mol. The molecule has 0 saturated carbocycles. The predicted molar refractivity (Wildman–Crippen MR) is 59.1 cm³/mol. The van der Waals surface area contributed by atoms with Crippen molar-refractivity contribution in [3.8, 4) is 0 Å². The van der Waals surface area contributed by atoms with E-state index in [9.17, 15) is 9.59 Å². The van der Waals surface area contributed by atoms with Crippen molar-refractivity contribution in [3.63, 3.8) is 0 Å². The standard InChI is InChI=1S/C5H11NO3.C5H9NO/c1-5(2,3)9-6-4(7)8;7-5-2-1-3-6-4-5/h6H,1-3H3,(H,7,8);6H,1-4H2. The van der Waals surface area contributed by atoms with Gasteiger partial charge in [0.2, 0.25) is 0 Å². The number of carbonyl (C=O) groups is 2. The van der Waals surface area contributed by atoms with Gasteiger partial charge in [0.1, 0.15) is 5.78 Å². The Bertz CT molecular complexity index is 227. The van der Waals surface area contributed by atoms with Crippen LogP contribution >= 0.6 is 0 Å². The second-order valence-corrected chi connectivity index (χ2v) is 4.44. The van der Waals surface area contributed by atoms with Crippen LogP contribution in [0.4, 0.5) is 4.79 Å². The molecular weight excluding hydrogens is 212 g/mol. The van der Waals surface area contributed by atoms with E-state index in [0.29, 0.717) is 12.3 Å². The van der Waals surface area contributed by atoms with E-state index >= 15 is 0 Å². The Balaban J connectivity index is 0.000000288. The number of hydrogen-bond donors (Lipinski definition) is 3. The molecule has 0 spiro atoms. The fourth-order valence-electron chi connectivity index (χ4n) is 0.924. The Labute approximate surface area is 95.3 Å². The third kappa shape index (κ3) is 10.9. The summed E-state index contributed by atoms with van der Waals surface area (Å²) in [6.45, 7) is 6.88. The summed E-state index contributed by atoms with van der Waals surface area (Å²) >= 11 is 0. The minimum atomic E-state index is -1.18. The van der Waals surface area contributed by atoms with Crippen LogP contribution < -0.4 is 10.8 Å². The quantitative estimate of drug-likeness (QED) is 0.585. The van der Waals surface area contributed by atoms with Gasteiger partial charge in [0, 0.05) is 6.42 Å². The number of carboxylic acid groups (broad SMARTS) is 1. The van der Waals surface area contributed by atoms with Crippen molar-refractivity contribution in [2.45, 2.75) is 39.2 Å². The summed E-state index contributed by atoms with van der Waals surface area (Å²) < 4.78 is 0. The molecule has 1 aliphatic rings. The molecule has 6 heteroatoms. The molecule has 0 unspecified atom stereocenters. The van der Waals surface area contributed by atoms with Gasteiger partial charge in [-0.25, -0.2) is 4.79 Å². The maximum absolute atomic E-state index is 10.4. The number of hydroxylamine groups is 1. The van der Waals surface area contributed by atoms with E-state index in [2.05, 4.69) is 10.2 Å². The molecule has 3 N–H and O–H groups in total. The van der Waals surface area contributed by atoms with Crippen molar-refractivity contribution in [1.29, 1.82) is 0 Å². The number of ketones is 1. The molecule has 1 rings (SSSR count). The molecule has 0 aliphatic carbocycles. The predicted octanol–water partition coefficient (Wildman–Crippen LogP) is 0.923. The van der Waals surface area contributed by atoms with Crippen LogP contribution in [0.2, 0.25) is 0 Å². The minimum absolute atomic E-state index is 0.353. The SMILES string of the molecule is CC(C)(C)ONC(=O)O.O=C1CCCNC1. The molecular formula is C10H20N2O4. The van der Waals surface area contributed by atoms with Gasteiger partial charge in [-0.2, -0.15) is 5.48 Å². The van der Waals surface area contributed by atoms with Gasteiger partial charge in [0.15, 0.2) is 0 Å². The van der Waals surface area contributed by atoms with E-state index in [0.717, 1.165) is 19.4 Å². The van der Waals surface area contributed by atoms with Crippen LogP contribution in [0.3, 0.4) is 0 Å². The lowest BCUT2D eigenvalue weighted by atomic mass is 10.1. The highest BCUT2D eigenvalue weighted by Gasteiger charge is 2.11. The van der Waals surface area contributed by atoms with Crippen molar-refractivity contribution in [2.24, 2.45) is 0 Å². The first kappa shape index (κ1) is 14.9. The third-order valence-electron chi connectivity index (χ3n) is 1.58. The monoisotopic (exact) mass is 232 g/mol. The van der Waals surface area contributed by atoms with Gasteiger partial charge in [-0.3, -0.25) is 9.63 Å². The molecule has 0 atom stereocenters. The summed E-state index contributed by atoms with van der Waals surface area (Å²) in [5.74, 6) is 0.353. The summed E-state index contributed by atoms with van der Waals surface area (Å²) in [5, 5.41) is 11.0. The Morgan fingerprint density at radius 3 is 2.31 bits per heavy atom. The van der Waals surface area contributed by atoms with Gasteiger partial charge in [-0.05, 0) is 33.7 Å². The maximum atomic E-state index is 10.4. The highest BCUT2D eigenvalue weighted by molar-refractivity contribution is 5.80. The first-order valence-corrected chi connectivity index (χ1v) is 5.20. The van der Waals surface area contributed by atoms with E-state index in [1.54, 1.807) is 26.3 Å². The topological polar surface area (TPSA) is 87.7 Å². The van der Waals surface area contributed by atoms with Gasteiger partial charge >= 0.3 is 6.09 Å². The number of hydrogen-bond acceptors (Lipinski definition) is 4. The molecule has 0 radical (unpaired) electrons. The van der Waals surface area contributed by atoms with Crippen LogP contribution in [-0.2, 0) is 9.63 Å². The van der Waals surface area contributed by atoms with Crippen LogP contribution in [0, 0.1) is 0 Å². The van der Waals surface area contributed by atoms with Crippen LogP contribution in [0.15, 0.2) is 0 Å². The normalized spacial score (nSPS) is 16.1. The van der Waals surface area contributed by atoms with Crippen LogP contribution in [0.1, 0.15) is 33.6 Å². The molecule has 1 saturated heterocycles. The molecule has 94 valence electrons. The highest BCUT2D eigenvalue weighted by Crippen LogP contribution is 2.02. The molecule has 1 heterocycles. The summed E-state index contributed by atoms with van der Waals surface area (Å²) in [5.41, 5.74) is 1.34. The van der Waals surface area contributed by atoms with E-state index in [1.807, 2.05) is 0 Å². The Morgan fingerprint density at radius 2 is 2.12 bits per heavy atom. The van der Waals surface area contributed by atoms with Gasteiger partial charge in [-0.1, -0.05) is 0 Å². The highest BCUT2D eigenvalue weighted by atomic mass is 16.7. The Kier molecular flexibility index (Phi) is 6.67. The molecule has 0 bridgehead atoms. The van der Waals surface area contributed by atoms with Gasteiger partial charge in [-0.15, -0.1) is 0 Å². The van der Waals surface area contributed by atoms with Crippen LogP contribution in [-0.4, -0.2) is 35.7 Å². The molecule has 1 aliphatic heterocycles. The fourth-order valence-corrected chi connectivity index (χ4v) is 0.924. The molecule has 16 heavy (non-hydrogen) atoms. The Hall–Kier alpha value is -1.14. The first-order chi connectivity index (χ1) is 7.31. The van der Waals surface area contributed by atoms with Crippen LogP contribution in [0.5, 0.6) is 0 Å². The second kappa shape index (κ2) is 7.19. The minimum Gasteiger partial charge on any atom is -0.464 e. The summed E-state index contributed by atoms with van der Waals surface area (Å²) in [7, 11) is 0. The van der Waals surface area contributed by atoms with E-state index in [4.69, 9.17) is 5.11 Å². The summed E-state index contributed by atoms with van der Waals surface area (Å²) in [4.78, 5) is 24.9. The number of rotatable bonds is 1. The number of piperidine rings is 1. The van der Waals surface area contributed by atoms with Crippen molar-refractivity contribution < 1.29 is 19.5 Å². The molecule has 6 nitrogen and oxygen atoms in total. The molecule has 1 amide bonds. The molecule has 0 aromatic carbocycles. The van der Waals surface area contributed by atoms with Gasteiger partial charge in [0.05, 0.1) is 12.1 Å². The Morgan fingerprint density at radius 1 is 1.50 bits per heavy atom. The zero-order chi connectivity index (χ0) is 12.6. The molecule has 1 fully saturated rings. The van der Waals surface area contributed by atoms with E-state index in [-0.39, 0.29) is 0 Å². The molecule has 0 aromatic rings. The van der Waals surface area contributed by atoms with Gasteiger partial charge in [0.25, 0.3) is 0 Å². The largest absolute Gasteiger partial charge is 0.464 e.